The predicted octanol–water partition coefficient (Wildman–Crippen LogP) is 4.91. The maximum absolute atomic E-state index is 3.40. The standard InChI is InChI=1S/C16H22SSi/c1-5-6-7-8-9-10-16-15(11-13-17-16)12-14-18(2,3)4/h11,13H,5-8H2,1-4H3. The molecule has 0 atom stereocenters. The number of rotatable bonds is 3. The summed E-state index contributed by atoms with van der Waals surface area (Å²) >= 11 is 1.70. The molecular formula is C16H22SSi. The summed E-state index contributed by atoms with van der Waals surface area (Å²) in [5.74, 6) is 9.84. The van der Waals surface area contributed by atoms with Crippen LogP contribution < -0.4 is 0 Å². The highest BCUT2D eigenvalue weighted by Crippen LogP contribution is 2.14. The highest BCUT2D eigenvalue weighted by atomic mass is 32.1. The van der Waals surface area contributed by atoms with E-state index in [9.17, 15) is 0 Å². The molecule has 2 heteroatoms. The molecule has 0 amide bonds. The average Bonchev–Trinajstić information content (AvgIpc) is 2.73. The van der Waals surface area contributed by atoms with Gasteiger partial charge in [-0.1, -0.05) is 57.2 Å². The van der Waals surface area contributed by atoms with Crippen LogP contribution in [0.5, 0.6) is 0 Å². The lowest BCUT2D eigenvalue weighted by Gasteiger charge is -2.02. The lowest BCUT2D eigenvalue weighted by Crippen LogP contribution is -2.16. The van der Waals surface area contributed by atoms with Gasteiger partial charge >= 0.3 is 0 Å². The summed E-state index contributed by atoms with van der Waals surface area (Å²) in [4.78, 5) is 1.14. The predicted molar refractivity (Wildman–Crippen MR) is 85.6 cm³/mol. The van der Waals surface area contributed by atoms with Crippen LogP contribution >= 0.6 is 11.3 Å². The van der Waals surface area contributed by atoms with E-state index in [-0.39, 0.29) is 0 Å². The van der Waals surface area contributed by atoms with Gasteiger partial charge < -0.3 is 0 Å². The molecule has 0 aliphatic heterocycles. The van der Waals surface area contributed by atoms with E-state index in [1.54, 1.807) is 11.3 Å². The minimum absolute atomic E-state index is 1.01. The van der Waals surface area contributed by atoms with Crippen molar-refractivity contribution in [1.82, 2.24) is 0 Å². The summed E-state index contributed by atoms with van der Waals surface area (Å²) < 4.78 is 0. The van der Waals surface area contributed by atoms with Crippen LogP contribution in [0.1, 0.15) is 43.0 Å². The van der Waals surface area contributed by atoms with Crippen LogP contribution in [-0.4, -0.2) is 8.07 Å². The molecule has 0 nitrogen and oxygen atoms in total. The first-order valence-corrected chi connectivity index (χ1v) is 11.0. The summed E-state index contributed by atoms with van der Waals surface area (Å²) in [5, 5.41) is 2.09. The molecule has 0 fully saturated rings. The van der Waals surface area contributed by atoms with E-state index in [1.807, 2.05) is 0 Å². The van der Waals surface area contributed by atoms with Crippen molar-refractivity contribution in [2.45, 2.75) is 52.2 Å². The van der Waals surface area contributed by atoms with Crippen molar-refractivity contribution in [3.05, 3.63) is 21.9 Å². The second kappa shape index (κ2) is 7.47. The van der Waals surface area contributed by atoms with Gasteiger partial charge in [-0.05, 0) is 17.9 Å². The monoisotopic (exact) mass is 274 g/mol. The Hall–Kier alpha value is -0.963. The van der Waals surface area contributed by atoms with Gasteiger partial charge in [-0.25, -0.2) is 0 Å². The number of unbranched alkanes of at least 4 members (excludes halogenated alkanes) is 3. The Balaban J connectivity index is 2.67. The van der Waals surface area contributed by atoms with Gasteiger partial charge in [-0.3, -0.25) is 0 Å². The summed E-state index contributed by atoms with van der Waals surface area (Å²) in [6.07, 6.45) is 4.76. The molecule has 0 aliphatic rings. The van der Waals surface area contributed by atoms with E-state index < -0.39 is 8.07 Å². The van der Waals surface area contributed by atoms with Crippen molar-refractivity contribution >= 4 is 19.4 Å². The molecule has 1 aromatic heterocycles. The minimum atomic E-state index is -1.29. The molecule has 0 aliphatic carbocycles. The molecule has 1 heterocycles. The summed E-state index contributed by atoms with van der Waals surface area (Å²) in [5.41, 5.74) is 4.52. The highest BCUT2D eigenvalue weighted by Gasteiger charge is 2.08. The molecule has 0 unspecified atom stereocenters. The van der Waals surface area contributed by atoms with Crippen LogP contribution in [-0.2, 0) is 0 Å². The Bertz CT molecular complexity index is 483. The zero-order valence-electron chi connectivity index (χ0n) is 11.9. The Morgan fingerprint density at radius 2 is 1.94 bits per heavy atom. The number of thiophene rings is 1. The van der Waals surface area contributed by atoms with Gasteiger partial charge in [-0.2, -0.15) is 0 Å². The lowest BCUT2D eigenvalue weighted by atomic mass is 10.2. The van der Waals surface area contributed by atoms with E-state index in [4.69, 9.17) is 0 Å². The SMILES string of the molecule is CCCCCC#Cc1sccc1C#C[Si](C)(C)C. The lowest BCUT2D eigenvalue weighted by molar-refractivity contribution is 0.737. The normalized spacial score (nSPS) is 10.2. The summed E-state index contributed by atoms with van der Waals surface area (Å²) in [6, 6.07) is 2.09. The van der Waals surface area contributed by atoms with Gasteiger partial charge in [0, 0.05) is 6.42 Å². The first-order chi connectivity index (χ1) is 8.53. The molecule has 0 saturated heterocycles. The van der Waals surface area contributed by atoms with E-state index >= 15 is 0 Å². The van der Waals surface area contributed by atoms with Crippen molar-refractivity contribution in [2.24, 2.45) is 0 Å². The van der Waals surface area contributed by atoms with E-state index in [1.165, 1.54) is 19.3 Å². The fourth-order valence-corrected chi connectivity index (χ4v) is 2.59. The molecule has 0 spiro atoms. The van der Waals surface area contributed by atoms with E-state index in [0.29, 0.717) is 0 Å². The zero-order chi connectivity index (χ0) is 13.4. The zero-order valence-corrected chi connectivity index (χ0v) is 13.7. The summed E-state index contributed by atoms with van der Waals surface area (Å²) in [7, 11) is -1.29. The van der Waals surface area contributed by atoms with Crippen LogP contribution in [0.3, 0.4) is 0 Å². The van der Waals surface area contributed by atoms with Gasteiger partial charge in [0.2, 0.25) is 0 Å². The third-order valence-electron chi connectivity index (χ3n) is 2.34. The van der Waals surface area contributed by atoms with Gasteiger partial charge in [0.05, 0.1) is 10.4 Å². The van der Waals surface area contributed by atoms with Gasteiger partial charge in [0.1, 0.15) is 8.07 Å². The fraction of sp³-hybridized carbons (Fsp3) is 0.500. The molecule has 1 aromatic rings. The molecule has 96 valence electrons. The molecule has 1 rings (SSSR count). The van der Waals surface area contributed by atoms with Crippen molar-refractivity contribution in [3.63, 3.8) is 0 Å². The van der Waals surface area contributed by atoms with Gasteiger partial charge in [0.15, 0.2) is 0 Å². The summed E-state index contributed by atoms with van der Waals surface area (Å²) in [6.45, 7) is 9.02. The molecule has 0 aromatic carbocycles. The third-order valence-corrected chi connectivity index (χ3v) is 4.05. The first kappa shape index (κ1) is 15.1. The molecule has 18 heavy (non-hydrogen) atoms. The second-order valence-electron chi connectivity index (χ2n) is 5.42. The molecular weight excluding hydrogens is 252 g/mol. The Labute approximate surface area is 117 Å². The Morgan fingerprint density at radius 3 is 2.61 bits per heavy atom. The molecule has 0 saturated carbocycles. The Kier molecular flexibility index (Phi) is 6.26. The van der Waals surface area contributed by atoms with Gasteiger partial charge in [0.25, 0.3) is 0 Å². The van der Waals surface area contributed by atoms with Crippen LogP contribution in [0.15, 0.2) is 11.4 Å². The quantitative estimate of drug-likeness (QED) is 0.417. The average molecular weight is 275 g/mol. The Morgan fingerprint density at radius 1 is 1.17 bits per heavy atom. The van der Waals surface area contributed by atoms with Crippen LogP contribution in [0.4, 0.5) is 0 Å². The van der Waals surface area contributed by atoms with Crippen molar-refractivity contribution in [2.75, 3.05) is 0 Å². The molecule has 0 bridgehead atoms. The van der Waals surface area contributed by atoms with Crippen LogP contribution in [0.25, 0.3) is 0 Å². The fourth-order valence-electron chi connectivity index (χ4n) is 1.37. The maximum atomic E-state index is 3.40. The topological polar surface area (TPSA) is 0 Å². The van der Waals surface area contributed by atoms with Crippen LogP contribution in [0, 0.1) is 23.3 Å². The van der Waals surface area contributed by atoms with Crippen molar-refractivity contribution in [3.8, 4) is 23.3 Å². The first-order valence-electron chi connectivity index (χ1n) is 6.62. The highest BCUT2D eigenvalue weighted by molar-refractivity contribution is 7.10. The smallest absolute Gasteiger partial charge is 0.129 e. The number of hydrogen-bond acceptors (Lipinski definition) is 1. The van der Waals surface area contributed by atoms with E-state index in [0.717, 1.165) is 16.9 Å². The maximum Gasteiger partial charge on any atom is 0.129 e. The van der Waals surface area contributed by atoms with Crippen molar-refractivity contribution < 1.29 is 0 Å². The largest absolute Gasteiger partial charge is 0.134 e. The van der Waals surface area contributed by atoms with Gasteiger partial charge in [-0.15, -0.1) is 16.9 Å². The minimum Gasteiger partial charge on any atom is -0.134 e. The van der Waals surface area contributed by atoms with Crippen LogP contribution in [0.2, 0.25) is 19.6 Å². The number of hydrogen-bond donors (Lipinski definition) is 0. The molecule has 0 radical (unpaired) electrons. The second-order valence-corrected chi connectivity index (χ2v) is 11.1. The van der Waals surface area contributed by atoms with Crippen molar-refractivity contribution in [1.29, 1.82) is 0 Å². The van der Waals surface area contributed by atoms with E-state index in [2.05, 4.69) is 61.3 Å². The molecule has 0 N–H and O–H groups in total. The third kappa shape index (κ3) is 6.10.